The Morgan fingerprint density at radius 2 is 1.79 bits per heavy atom. The van der Waals surface area contributed by atoms with E-state index in [2.05, 4.69) is 18.0 Å². The Hall–Kier alpha value is -3.97. The van der Waals surface area contributed by atoms with Crippen molar-refractivity contribution in [2.45, 2.75) is 19.4 Å². The molecule has 6 nitrogen and oxygen atoms in total. The first-order valence-electron chi connectivity index (χ1n) is 10.9. The van der Waals surface area contributed by atoms with Crippen LogP contribution in [0.1, 0.15) is 29.7 Å². The Balaban J connectivity index is 1.69. The molecule has 1 unspecified atom stereocenters. The van der Waals surface area contributed by atoms with Gasteiger partial charge in [0.05, 0.1) is 28.9 Å². The van der Waals surface area contributed by atoms with Crippen LogP contribution in [0, 0.1) is 0 Å². The van der Waals surface area contributed by atoms with E-state index in [1.807, 2.05) is 42.5 Å². The number of amides is 1. The number of carbonyl (C=O) groups excluding carboxylic acids is 2. The van der Waals surface area contributed by atoms with Gasteiger partial charge in [0, 0.05) is 5.56 Å². The van der Waals surface area contributed by atoms with E-state index in [4.69, 9.17) is 4.74 Å². The van der Waals surface area contributed by atoms with Gasteiger partial charge in [0.25, 0.3) is 5.78 Å². The van der Waals surface area contributed by atoms with E-state index < -0.39 is 17.7 Å². The highest BCUT2D eigenvalue weighted by atomic mass is 32.1. The third-order valence-electron chi connectivity index (χ3n) is 5.98. The predicted molar refractivity (Wildman–Crippen MR) is 133 cm³/mol. The zero-order valence-corrected chi connectivity index (χ0v) is 19.5. The van der Waals surface area contributed by atoms with E-state index in [9.17, 15) is 14.7 Å². The maximum absolute atomic E-state index is 13.3. The Bertz CT molecular complexity index is 1420. The largest absolute Gasteiger partial charge is 0.507 e. The molecule has 4 aromatic rings. The monoisotopic (exact) mass is 470 g/mol. The molecule has 1 saturated heterocycles. The molecule has 1 atom stereocenters. The van der Waals surface area contributed by atoms with Crippen LogP contribution >= 0.6 is 11.3 Å². The van der Waals surface area contributed by atoms with Gasteiger partial charge in [0.15, 0.2) is 5.13 Å². The van der Waals surface area contributed by atoms with Crippen LogP contribution in [-0.2, 0) is 16.0 Å². The van der Waals surface area contributed by atoms with Crippen LogP contribution in [0.3, 0.4) is 0 Å². The molecule has 0 aliphatic carbocycles. The van der Waals surface area contributed by atoms with Crippen molar-refractivity contribution < 1.29 is 19.4 Å². The number of rotatable bonds is 5. The lowest BCUT2D eigenvalue weighted by molar-refractivity contribution is -0.132. The molecular weight excluding hydrogens is 448 g/mol. The highest BCUT2D eigenvalue weighted by Gasteiger charge is 2.48. The normalized spacial score (nSPS) is 17.5. The van der Waals surface area contributed by atoms with Gasteiger partial charge in [-0.05, 0) is 53.9 Å². The summed E-state index contributed by atoms with van der Waals surface area (Å²) in [4.78, 5) is 32.7. The number of nitrogens with zero attached hydrogens (tertiary/aromatic N) is 2. The second kappa shape index (κ2) is 8.76. The summed E-state index contributed by atoms with van der Waals surface area (Å²) in [6.45, 7) is 2.08. The molecule has 34 heavy (non-hydrogen) atoms. The van der Waals surface area contributed by atoms with Crippen LogP contribution in [0.4, 0.5) is 5.13 Å². The summed E-state index contributed by atoms with van der Waals surface area (Å²) < 4.78 is 6.13. The minimum atomic E-state index is -0.797. The molecule has 1 aliphatic rings. The fourth-order valence-electron chi connectivity index (χ4n) is 4.16. The van der Waals surface area contributed by atoms with E-state index in [0.717, 1.165) is 16.6 Å². The van der Waals surface area contributed by atoms with Crippen molar-refractivity contribution >= 4 is 44.1 Å². The SMILES string of the molecule is CCc1ccc2nc(N3C(=O)C(=O)C(=C(O)c4ccc(OC)cc4)C3c3ccccc3)sc2c1. The van der Waals surface area contributed by atoms with Crippen molar-refractivity contribution in [2.75, 3.05) is 12.0 Å². The van der Waals surface area contributed by atoms with Crippen molar-refractivity contribution in [3.05, 3.63) is 95.1 Å². The lowest BCUT2D eigenvalue weighted by Gasteiger charge is -2.22. The number of ketones is 1. The molecule has 0 saturated carbocycles. The molecule has 0 spiro atoms. The third kappa shape index (κ3) is 3.64. The number of carbonyl (C=O) groups is 2. The summed E-state index contributed by atoms with van der Waals surface area (Å²) in [5.41, 5.74) is 3.11. The van der Waals surface area contributed by atoms with Crippen molar-refractivity contribution in [3.63, 3.8) is 0 Å². The summed E-state index contributed by atoms with van der Waals surface area (Å²) >= 11 is 1.36. The number of hydrogen-bond acceptors (Lipinski definition) is 6. The van der Waals surface area contributed by atoms with Crippen LogP contribution in [0.5, 0.6) is 5.75 Å². The van der Waals surface area contributed by atoms with Crippen LogP contribution in [0.25, 0.3) is 16.0 Å². The second-order valence-corrected chi connectivity index (χ2v) is 8.97. The van der Waals surface area contributed by atoms with Crippen LogP contribution in [0.15, 0.2) is 78.4 Å². The first-order chi connectivity index (χ1) is 16.5. The number of Topliss-reactive ketones (excluding diaryl/α,β-unsaturated/α-hetero) is 1. The molecule has 1 N–H and O–H groups in total. The average molecular weight is 471 g/mol. The van der Waals surface area contributed by atoms with Gasteiger partial charge in [0.1, 0.15) is 11.5 Å². The minimum Gasteiger partial charge on any atom is -0.507 e. The predicted octanol–water partition coefficient (Wildman–Crippen LogP) is 5.49. The molecule has 0 bridgehead atoms. The average Bonchev–Trinajstić information content (AvgIpc) is 3.41. The quantitative estimate of drug-likeness (QED) is 0.237. The number of methoxy groups -OCH3 is 1. The molecular formula is C27H22N2O4S. The number of aliphatic hydroxyl groups is 1. The number of thiazole rings is 1. The molecule has 7 heteroatoms. The van der Waals surface area contributed by atoms with E-state index in [1.165, 1.54) is 21.8 Å². The molecule has 1 aliphatic heterocycles. The fraction of sp³-hybridized carbons (Fsp3) is 0.148. The maximum atomic E-state index is 13.3. The molecule has 5 rings (SSSR count). The van der Waals surface area contributed by atoms with E-state index in [0.29, 0.717) is 22.0 Å². The topological polar surface area (TPSA) is 79.7 Å². The van der Waals surface area contributed by atoms with Crippen molar-refractivity contribution in [1.29, 1.82) is 0 Å². The van der Waals surface area contributed by atoms with Crippen molar-refractivity contribution in [3.8, 4) is 5.75 Å². The van der Waals surface area contributed by atoms with Gasteiger partial charge < -0.3 is 9.84 Å². The lowest BCUT2D eigenvalue weighted by Crippen LogP contribution is -2.29. The number of fused-ring (bicyclic) bond motifs is 1. The molecule has 1 fully saturated rings. The number of ether oxygens (including phenoxy) is 1. The molecule has 0 radical (unpaired) electrons. The summed E-state index contributed by atoms with van der Waals surface area (Å²) in [5.74, 6) is -1.06. The standard InChI is InChI=1S/C27H22N2O4S/c1-3-16-9-14-20-21(15-16)34-27(28-20)29-23(17-7-5-4-6-8-17)22(25(31)26(29)32)24(30)18-10-12-19(33-2)13-11-18/h4-15,23,30H,3H2,1-2H3. The van der Waals surface area contributed by atoms with Crippen molar-refractivity contribution in [2.24, 2.45) is 0 Å². The van der Waals surface area contributed by atoms with E-state index >= 15 is 0 Å². The van der Waals surface area contributed by atoms with Crippen LogP contribution in [-0.4, -0.2) is 28.9 Å². The van der Waals surface area contributed by atoms with E-state index in [-0.39, 0.29) is 11.3 Å². The lowest BCUT2D eigenvalue weighted by atomic mass is 9.95. The summed E-state index contributed by atoms with van der Waals surface area (Å²) in [7, 11) is 1.55. The van der Waals surface area contributed by atoms with Gasteiger partial charge in [-0.25, -0.2) is 4.98 Å². The number of benzene rings is 3. The highest BCUT2D eigenvalue weighted by Crippen LogP contribution is 2.44. The van der Waals surface area contributed by atoms with Gasteiger partial charge >= 0.3 is 5.91 Å². The van der Waals surface area contributed by atoms with Gasteiger partial charge in [-0.2, -0.15) is 0 Å². The highest BCUT2D eigenvalue weighted by molar-refractivity contribution is 7.22. The van der Waals surface area contributed by atoms with Gasteiger partial charge in [-0.15, -0.1) is 0 Å². The Kier molecular flexibility index (Phi) is 5.63. The molecule has 170 valence electrons. The van der Waals surface area contributed by atoms with Gasteiger partial charge in [0.2, 0.25) is 0 Å². The summed E-state index contributed by atoms with van der Waals surface area (Å²) in [6, 6.07) is 21.1. The second-order valence-electron chi connectivity index (χ2n) is 7.96. The van der Waals surface area contributed by atoms with Crippen LogP contribution < -0.4 is 9.64 Å². The minimum absolute atomic E-state index is 0.0369. The fourth-order valence-corrected chi connectivity index (χ4v) is 5.22. The number of anilines is 1. The summed E-state index contributed by atoms with van der Waals surface area (Å²) in [6.07, 6.45) is 0.888. The zero-order chi connectivity index (χ0) is 23.8. The smallest absolute Gasteiger partial charge is 0.301 e. The molecule has 1 aromatic heterocycles. The third-order valence-corrected chi connectivity index (χ3v) is 7.00. The van der Waals surface area contributed by atoms with Crippen LogP contribution in [0.2, 0.25) is 0 Å². The number of aromatic nitrogens is 1. The van der Waals surface area contributed by atoms with Crippen molar-refractivity contribution in [1.82, 2.24) is 4.98 Å². The number of aryl methyl sites for hydroxylation is 1. The maximum Gasteiger partial charge on any atom is 0.301 e. The van der Waals surface area contributed by atoms with Gasteiger partial charge in [-0.1, -0.05) is 54.7 Å². The Morgan fingerprint density at radius 3 is 2.47 bits per heavy atom. The number of hydrogen-bond donors (Lipinski definition) is 1. The molecule has 1 amide bonds. The Labute approximate surface area is 200 Å². The first kappa shape index (κ1) is 21.9. The summed E-state index contributed by atoms with van der Waals surface area (Å²) in [5, 5.41) is 11.6. The zero-order valence-electron chi connectivity index (χ0n) is 18.7. The van der Waals surface area contributed by atoms with Gasteiger partial charge in [-0.3, -0.25) is 14.5 Å². The molecule has 3 aromatic carbocycles. The molecule has 2 heterocycles. The first-order valence-corrected chi connectivity index (χ1v) is 11.7. The number of aliphatic hydroxyl groups excluding tert-OH is 1. The van der Waals surface area contributed by atoms with E-state index in [1.54, 1.807) is 31.4 Å². The Morgan fingerprint density at radius 1 is 1.06 bits per heavy atom.